The fraction of sp³-hybridized carbons (Fsp3) is 1.00. The van der Waals surface area contributed by atoms with Gasteiger partial charge < -0.3 is 4.90 Å². The molecule has 0 unspecified atom stereocenters. The predicted molar refractivity (Wildman–Crippen MR) is 47.2 cm³/mol. The van der Waals surface area contributed by atoms with Gasteiger partial charge in [0, 0.05) is 13.1 Å². The van der Waals surface area contributed by atoms with Gasteiger partial charge in [0.15, 0.2) is 0 Å². The SMILES string of the molecule is CC.CCCC1CN(C)C1. The summed E-state index contributed by atoms with van der Waals surface area (Å²) in [6, 6.07) is 0. The fourth-order valence-electron chi connectivity index (χ4n) is 1.42. The van der Waals surface area contributed by atoms with E-state index in [4.69, 9.17) is 0 Å². The third-order valence-corrected chi connectivity index (χ3v) is 1.84. The van der Waals surface area contributed by atoms with E-state index >= 15 is 0 Å². The summed E-state index contributed by atoms with van der Waals surface area (Å²) >= 11 is 0. The minimum atomic E-state index is 1.03. The fourth-order valence-corrected chi connectivity index (χ4v) is 1.42. The van der Waals surface area contributed by atoms with Crippen molar-refractivity contribution < 1.29 is 0 Å². The van der Waals surface area contributed by atoms with Crippen molar-refractivity contribution in [2.75, 3.05) is 20.1 Å². The van der Waals surface area contributed by atoms with Crippen molar-refractivity contribution in [3.63, 3.8) is 0 Å². The third kappa shape index (κ3) is 3.21. The summed E-state index contributed by atoms with van der Waals surface area (Å²) in [6.45, 7) is 8.94. The van der Waals surface area contributed by atoms with Crippen LogP contribution in [0, 0.1) is 5.92 Å². The molecule has 0 aliphatic carbocycles. The van der Waals surface area contributed by atoms with E-state index in [0.29, 0.717) is 0 Å². The molecule has 0 saturated carbocycles. The molecule has 0 bridgehead atoms. The van der Waals surface area contributed by atoms with E-state index in [9.17, 15) is 0 Å². The molecule has 1 heteroatoms. The van der Waals surface area contributed by atoms with Gasteiger partial charge in [-0.1, -0.05) is 27.2 Å². The van der Waals surface area contributed by atoms with Crippen LogP contribution in [0.4, 0.5) is 0 Å². The zero-order chi connectivity index (χ0) is 7.98. The van der Waals surface area contributed by atoms with Crippen LogP contribution < -0.4 is 0 Å². The van der Waals surface area contributed by atoms with Gasteiger partial charge >= 0.3 is 0 Å². The standard InChI is InChI=1S/C7H15N.C2H6/c1-3-4-7-5-8(2)6-7;1-2/h7H,3-6H2,1-2H3;1-2H3. The molecule has 62 valence electrons. The monoisotopic (exact) mass is 143 g/mol. The first-order valence-electron chi connectivity index (χ1n) is 4.51. The lowest BCUT2D eigenvalue weighted by atomic mass is 9.96. The first-order chi connectivity index (χ1) is 4.83. The van der Waals surface area contributed by atoms with Gasteiger partial charge in [-0.2, -0.15) is 0 Å². The van der Waals surface area contributed by atoms with E-state index in [0.717, 1.165) is 5.92 Å². The molecular weight excluding hydrogens is 122 g/mol. The highest BCUT2D eigenvalue weighted by molar-refractivity contribution is 4.75. The summed E-state index contributed by atoms with van der Waals surface area (Å²) < 4.78 is 0. The summed E-state index contributed by atoms with van der Waals surface area (Å²) in [6.07, 6.45) is 2.79. The lowest BCUT2D eigenvalue weighted by Crippen LogP contribution is -2.43. The van der Waals surface area contributed by atoms with Crippen molar-refractivity contribution in [1.82, 2.24) is 4.90 Å². The molecule has 1 aliphatic heterocycles. The summed E-state index contributed by atoms with van der Waals surface area (Å²) in [5.74, 6) is 1.03. The second-order valence-corrected chi connectivity index (χ2v) is 2.88. The summed E-state index contributed by atoms with van der Waals surface area (Å²) in [7, 11) is 2.19. The Balaban J connectivity index is 0.000000371. The Morgan fingerprint density at radius 2 is 1.80 bits per heavy atom. The molecule has 0 amide bonds. The van der Waals surface area contributed by atoms with E-state index in [2.05, 4.69) is 18.9 Å². The molecule has 1 fully saturated rings. The maximum Gasteiger partial charge on any atom is 0.00190 e. The van der Waals surface area contributed by atoms with E-state index in [1.165, 1.54) is 25.9 Å². The first-order valence-corrected chi connectivity index (χ1v) is 4.51. The normalized spacial score (nSPS) is 19.2. The van der Waals surface area contributed by atoms with Crippen LogP contribution in [0.5, 0.6) is 0 Å². The van der Waals surface area contributed by atoms with Crippen LogP contribution in [0.1, 0.15) is 33.6 Å². The Kier molecular flexibility index (Phi) is 5.70. The molecule has 0 atom stereocenters. The largest absolute Gasteiger partial charge is 0.306 e. The van der Waals surface area contributed by atoms with Crippen LogP contribution in [-0.4, -0.2) is 25.0 Å². The topological polar surface area (TPSA) is 3.24 Å². The number of rotatable bonds is 2. The molecule has 10 heavy (non-hydrogen) atoms. The summed E-state index contributed by atoms with van der Waals surface area (Å²) in [5.41, 5.74) is 0. The maximum atomic E-state index is 2.38. The van der Waals surface area contributed by atoms with Crippen LogP contribution in [0.25, 0.3) is 0 Å². The molecule has 0 aromatic heterocycles. The average Bonchev–Trinajstić information content (AvgIpc) is 1.90. The second-order valence-electron chi connectivity index (χ2n) is 2.88. The van der Waals surface area contributed by atoms with Crippen LogP contribution in [0.3, 0.4) is 0 Å². The lowest BCUT2D eigenvalue weighted by molar-refractivity contribution is 0.126. The van der Waals surface area contributed by atoms with Crippen molar-refractivity contribution in [2.24, 2.45) is 5.92 Å². The number of hydrogen-bond donors (Lipinski definition) is 0. The quantitative estimate of drug-likeness (QED) is 0.573. The zero-order valence-electron chi connectivity index (χ0n) is 7.85. The maximum absolute atomic E-state index is 2.38. The molecule has 0 aromatic rings. The van der Waals surface area contributed by atoms with E-state index in [1.54, 1.807) is 0 Å². The Morgan fingerprint density at radius 3 is 2.10 bits per heavy atom. The van der Waals surface area contributed by atoms with Gasteiger partial charge in [0.1, 0.15) is 0 Å². The van der Waals surface area contributed by atoms with Gasteiger partial charge in [-0.3, -0.25) is 0 Å². The first kappa shape index (κ1) is 9.96. The Labute approximate surface area is 65.4 Å². The van der Waals surface area contributed by atoms with Crippen molar-refractivity contribution in [3.8, 4) is 0 Å². The van der Waals surface area contributed by atoms with E-state index in [1.807, 2.05) is 13.8 Å². The number of hydrogen-bond acceptors (Lipinski definition) is 1. The van der Waals surface area contributed by atoms with Crippen molar-refractivity contribution in [3.05, 3.63) is 0 Å². The number of nitrogens with zero attached hydrogens (tertiary/aromatic N) is 1. The Hall–Kier alpha value is -0.0400. The highest BCUT2D eigenvalue weighted by Gasteiger charge is 2.21. The molecule has 0 aromatic carbocycles. The van der Waals surface area contributed by atoms with Crippen LogP contribution in [0.2, 0.25) is 0 Å². The molecule has 0 radical (unpaired) electrons. The van der Waals surface area contributed by atoms with Gasteiger partial charge in [-0.05, 0) is 19.4 Å². The zero-order valence-corrected chi connectivity index (χ0v) is 7.85. The highest BCUT2D eigenvalue weighted by Crippen LogP contribution is 2.17. The van der Waals surface area contributed by atoms with Crippen molar-refractivity contribution >= 4 is 0 Å². The van der Waals surface area contributed by atoms with E-state index < -0.39 is 0 Å². The third-order valence-electron chi connectivity index (χ3n) is 1.84. The van der Waals surface area contributed by atoms with Gasteiger partial charge in [-0.15, -0.1) is 0 Å². The Morgan fingerprint density at radius 1 is 1.30 bits per heavy atom. The molecule has 1 rings (SSSR count). The van der Waals surface area contributed by atoms with E-state index in [-0.39, 0.29) is 0 Å². The van der Waals surface area contributed by atoms with Gasteiger partial charge in [0.05, 0.1) is 0 Å². The van der Waals surface area contributed by atoms with Gasteiger partial charge in [0.25, 0.3) is 0 Å². The van der Waals surface area contributed by atoms with Crippen LogP contribution >= 0.6 is 0 Å². The van der Waals surface area contributed by atoms with Crippen molar-refractivity contribution in [1.29, 1.82) is 0 Å². The smallest absolute Gasteiger partial charge is 0.00190 e. The molecule has 0 N–H and O–H groups in total. The van der Waals surface area contributed by atoms with Crippen molar-refractivity contribution in [2.45, 2.75) is 33.6 Å². The van der Waals surface area contributed by atoms with Crippen LogP contribution in [-0.2, 0) is 0 Å². The molecule has 1 nitrogen and oxygen atoms in total. The predicted octanol–water partition coefficient (Wildman–Crippen LogP) is 2.37. The Bertz CT molecular complexity index is 62.4. The van der Waals surface area contributed by atoms with Crippen LogP contribution in [0.15, 0.2) is 0 Å². The highest BCUT2D eigenvalue weighted by atomic mass is 15.2. The summed E-state index contributed by atoms with van der Waals surface area (Å²) in [4.78, 5) is 2.38. The minimum Gasteiger partial charge on any atom is -0.306 e. The average molecular weight is 143 g/mol. The molecular formula is C9H21N. The molecule has 1 saturated heterocycles. The van der Waals surface area contributed by atoms with Gasteiger partial charge in [-0.25, -0.2) is 0 Å². The minimum absolute atomic E-state index is 1.03. The summed E-state index contributed by atoms with van der Waals surface area (Å²) in [5, 5.41) is 0. The second kappa shape index (κ2) is 5.72. The lowest BCUT2D eigenvalue weighted by Gasteiger charge is -2.35. The van der Waals surface area contributed by atoms with Gasteiger partial charge in [0.2, 0.25) is 0 Å². The number of likely N-dealkylation sites (tertiary alicyclic amines) is 1. The molecule has 1 heterocycles. The molecule has 1 aliphatic rings. The molecule has 0 spiro atoms.